The summed E-state index contributed by atoms with van der Waals surface area (Å²) in [5.41, 5.74) is 0.788. The molecule has 0 aliphatic carbocycles. The number of halogens is 1. The first-order valence-electron chi connectivity index (χ1n) is 6.73. The van der Waals surface area contributed by atoms with E-state index in [1.54, 1.807) is 45.2 Å². The average Bonchev–Trinajstić information content (AvgIpc) is 2.89. The third-order valence-corrected chi connectivity index (χ3v) is 5.00. The molecule has 1 aromatic carbocycles. The Bertz CT molecular complexity index is 768. The quantitative estimate of drug-likeness (QED) is 0.789. The minimum atomic E-state index is -0.849. The number of rotatable bonds is 2. The van der Waals surface area contributed by atoms with Crippen molar-refractivity contribution in [2.45, 2.75) is 24.5 Å². The molecule has 2 heterocycles. The van der Waals surface area contributed by atoms with Crippen molar-refractivity contribution in [2.75, 3.05) is 0 Å². The van der Waals surface area contributed by atoms with Gasteiger partial charge in [-0.25, -0.2) is 4.98 Å². The Morgan fingerprint density at radius 1 is 1.23 bits per heavy atom. The Balaban J connectivity index is 2.02. The summed E-state index contributed by atoms with van der Waals surface area (Å²) in [5, 5.41) is 4.77. The molecular weight excluding hydrogens is 322 g/mol. The van der Waals surface area contributed by atoms with Crippen LogP contribution in [-0.4, -0.2) is 30.4 Å². The molecule has 5 nitrogen and oxygen atoms in total. The minimum absolute atomic E-state index is 0.124. The molecule has 1 fully saturated rings. The highest BCUT2D eigenvalue weighted by Crippen LogP contribution is 2.43. The molecule has 1 aliphatic rings. The van der Waals surface area contributed by atoms with Crippen LogP contribution in [0.25, 0.3) is 11.4 Å². The van der Waals surface area contributed by atoms with E-state index in [-0.39, 0.29) is 10.9 Å². The Kier molecular flexibility index (Phi) is 3.61. The van der Waals surface area contributed by atoms with Crippen LogP contribution in [0.15, 0.2) is 24.3 Å². The van der Waals surface area contributed by atoms with Gasteiger partial charge in [0.1, 0.15) is 11.7 Å². The predicted octanol–water partition coefficient (Wildman–Crippen LogP) is 2.84. The topological polar surface area (TPSA) is 64.8 Å². The summed E-state index contributed by atoms with van der Waals surface area (Å²) in [6, 6.07) is 7.10. The van der Waals surface area contributed by atoms with Crippen molar-refractivity contribution in [2.24, 2.45) is 7.05 Å². The highest BCUT2D eigenvalue weighted by Gasteiger charge is 2.50. The van der Waals surface area contributed by atoms with Crippen LogP contribution in [0.3, 0.4) is 0 Å². The number of carbonyl (C=O) groups is 2. The lowest BCUT2D eigenvalue weighted by Gasteiger charge is -2.12. The maximum atomic E-state index is 12.4. The van der Waals surface area contributed by atoms with Gasteiger partial charge in [-0.2, -0.15) is 5.10 Å². The molecule has 1 aliphatic heterocycles. The monoisotopic (exact) mass is 335 g/mol. The highest BCUT2D eigenvalue weighted by atomic mass is 35.5. The van der Waals surface area contributed by atoms with Gasteiger partial charge in [0.05, 0.1) is 4.75 Å². The zero-order chi connectivity index (χ0) is 16.1. The third kappa shape index (κ3) is 2.46. The lowest BCUT2D eigenvalue weighted by atomic mass is 9.95. The molecule has 3 rings (SSSR count). The van der Waals surface area contributed by atoms with E-state index in [9.17, 15) is 9.59 Å². The summed E-state index contributed by atoms with van der Waals surface area (Å²) in [6.45, 7) is 3.52. The first-order chi connectivity index (χ1) is 10.3. The lowest BCUT2D eigenvalue weighted by molar-refractivity contribution is -0.125. The number of hydrogen-bond acceptors (Lipinski definition) is 5. The lowest BCUT2D eigenvalue weighted by Crippen LogP contribution is -2.27. The largest absolute Gasteiger partial charge is 0.297 e. The van der Waals surface area contributed by atoms with Gasteiger partial charge < -0.3 is 0 Å². The summed E-state index contributed by atoms with van der Waals surface area (Å²) >= 11 is 6.93. The van der Waals surface area contributed by atoms with Crippen molar-refractivity contribution in [3.63, 3.8) is 0 Å². The number of ketones is 1. The van der Waals surface area contributed by atoms with Crippen molar-refractivity contribution in [1.29, 1.82) is 0 Å². The summed E-state index contributed by atoms with van der Waals surface area (Å²) in [6.07, 6.45) is 0. The van der Waals surface area contributed by atoms with Crippen molar-refractivity contribution >= 4 is 34.3 Å². The number of aryl methyl sites for hydroxylation is 1. The second-order valence-electron chi connectivity index (χ2n) is 5.65. The zero-order valence-corrected chi connectivity index (χ0v) is 13.9. The number of thioether (sulfide) groups is 1. The number of aromatic nitrogens is 3. The van der Waals surface area contributed by atoms with E-state index < -0.39 is 10.7 Å². The number of nitrogens with zero attached hydrogens (tertiary/aromatic N) is 3. The van der Waals surface area contributed by atoms with Crippen molar-refractivity contribution < 1.29 is 9.59 Å². The highest BCUT2D eigenvalue weighted by molar-refractivity contribution is 8.16. The first kappa shape index (κ1) is 15.2. The molecule has 1 aromatic heterocycles. The first-order valence-corrected chi connectivity index (χ1v) is 7.93. The average molecular weight is 336 g/mol. The number of Topliss-reactive ketones (excluding diaryl/α,β-unsaturated/α-hetero) is 1. The molecule has 1 atom stereocenters. The van der Waals surface area contributed by atoms with Crippen LogP contribution in [0, 0.1) is 0 Å². The molecular formula is C15H14ClN3O2S. The van der Waals surface area contributed by atoms with Gasteiger partial charge in [0.2, 0.25) is 5.12 Å². The smallest absolute Gasteiger partial charge is 0.208 e. The second kappa shape index (κ2) is 5.21. The van der Waals surface area contributed by atoms with E-state index in [2.05, 4.69) is 10.1 Å². The predicted molar refractivity (Wildman–Crippen MR) is 85.9 cm³/mol. The molecule has 0 spiro atoms. The molecule has 22 heavy (non-hydrogen) atoms. The zero-order valence-electron chi connectivity index (χ0n) is 12.3. The fraction of sp³-hybridized carbons (Fsp3) is 0.333. The summed E-state index contributed by atoms with van der Waals surface area (Å²) < 4.78 is 0.792. The van der Waals surface area contributed by atoms with Crippen LogP contribution in [0.2, 0.25) is 5.02 Å². The maximum Gasteiger partial charge on any atom is 0.208 e. The van der Waals surface area contributed by atoms with Crippen LogP contribution in [-0.2, 0) is 16.6 Å². The van der Waals surface area contributed by atoms with Crippen LogP contribution in [0.1, 0.15) is 25.6 Å². The molecule has 7 heteroatoms. The van der Waals surface area contributed by atoms with Gasteiger partial charge in [0, 0.05) is 17.6 Å². The third-order valence-electron chi connectivity index (χ3n) is 3.60. The van der Waals surface area contributed by atoms with Gasteiger partial charge in [-0.15, -0.1) is 0 Å². The van der Waals surface area contributed by atoms with E-state index in [1.807, 2.05) is 0 Å². The minimum Gasteiger partial charge on any atom is -0.297 e. The van der Waals surface area contributed by atoms with Crippen LogP contribution >= 0.6 is 23.4 Å². The molecule has 0 saturated carbocycles. The summed E-state index contributed by atoms with van der Waals surface area (Å²) in [7, 11) is 1.69. The normalized spacial score (nSPS) is 20.6. The van der Waals surface area contributed by atoms with Crippen LogP contribution < -0.4 is 0 Å². The maximum absolute atomic E-state index is 12.4. The van der Waals surface area contributed by atoms with Gasteiger partial charge in [0.25, 0.3) is 0 Å². The fourth-order valence-corrected chi connectivity index (χ4v) is 3.58. The van der Waals surface area contributed by atoms with Gasteiger partial charge in [-0.3, -0.25) is 14.3 Å². The molecule has 0 radical (unpaired) electrons. The number of carbonyl (C=O) groups excluding carboxylic acids is 2. The molecule has 114 valence electrons. The SMILES string of the molecule is Cn1nc(-c2ccc(Cl)cc2)nc1C1C(=O)SC(C)(C)C1=O. The van der Waals surface area contributed by atoms with Gasteiger partial charge in [0.15, 0.2) is 11.6 Å². The van der Waals surface area contributed by atoms with Crippen LogP contribution in [0.5, 0.6) is 0 Å². The van der Waals surface area contributed by atoms with E-state index >= 15 is 0 Å². The van der Waals surface area contributed by atoms with Crippen LogP contribution in [0.4, 0.5) is 0 Å². The molecule has 1 unspecified atom stereocenters. The second-order valence-corrected chi connectivity index (χ2v) is 7.72. The molecule has 0 bridgehead atoms. The Morgan fingerprint density at radius 2 is 1.86 bits per heavy atom. The summed E-state index contributed by atoms with van der Waals surface area (Å²) in [4.78, 5) is 29.0. The standard InChI is InChI=1S/C15H14ClN3O2S/c1-15(2)11(20)10(14(21)22-15)13-17-12(18-19(13)3)8-4-6-9(16)7-5-8/h4-7,10H,1-3H3. The van der Waals surface area contributed by atoms with Crippen molar-refractivity contribution in [1.82, 2.24) is 14.8 Å². The van der Waals surface area contributed by atoms with E-state index in [0.717, 1.165) is 17.3 Å². The van der Waals surface area contributed by atoms with Crippen molar-refractivity contribution in [3.8, 4) is 11.4 Å². The molecule has 0 N–H and O–H groups in total. The molecule has 1 saturated heterocycles. The fourth-order valence-electron chi connectivity index (χ4n) is 2.41. The Hall–Kier alpha value is -1.66. The Labute approximate surface area is 137 Å². The van der Waals surface area contributed by atoms with Gasteiger partial charge in [-0.1, -0.05) is 23.4 Å². The molecule has 2 aromatic rings. The number of benzene rings is 1. The summed E-state index contributed by atoms with van der Waals surface area (Å²) in [5.74, 6) is -0.110. The molecule has 0 amide bonds. The van der Waals surface area contributed by atoms with Gasteiger partial charge >= 0.3 is 0 Å². The number of hydrogen-bond donors (Lipinski definition) is 0. The van der Waals surface area contributed by atoms with E-state index in [1.165, 1.54) is 4.68 Å². The van der Waals surface area contributed by atoms with Gasteiger partial charge in [-0.05, 0) is 38.1 Å². The van der Waals surface area contributed by atoms with E-state index in [0.29, 0.717) is 16.7 Å². The van der Waals surface area contributed by atoms with Crippen molar-refractivity contribution in [3.05, 3.63) is 35.1 Å². The van der Waals surface area contributed by atoms with E-state index in [4.69, 9.17) is 11.6 Å². The Morgan fingerprint density at radius 3 is 2.41 bits per heavy atom.